The predicted molar refractivity (Wildman–Crippen MR) is 79.9 cm³/mol. The number of anilines is 1. The molecule has 102 valence electrons. The Morgan fingerprint density at radius 1 is 1.47 bits per heavy atom. The monoisotopic (exact) mass is 323 g/mol. The van der Waals surface area contributed by atoms with Crippen molar-refractivity contribution in [1.29, 1.82) is 5.26 Å². The lowest BCUT2D eigenvalue weighted by Crippen LogP contribution is -2.41. The highest BCUT2D eigenvalue weighted by Crippen LogP contribution is 2.24. The van der Waals surface area contributed by atoms with Crippen LogP contribution in [0.4, 0.5) is 5.69 Å². The molecular weight excluding hydrogens is 306 g/mol. The second-order valence-corrected chi connectivity index (χ2v) is 5.01. The summed E-state index contributed by atoms with van der Waals surface area (Å²) in [5.41, 5.74) is 1.19. The van der Waals surface area contributed by atoms with Crippen LogP contribution in [0, 0.1) is 11.3 Å². The molecule has 0 aliphatic heterocycles. The number of nitriles is 1. The van der Waals surface area contributed by atoms with E-state index in [4.69, 9.17) is 5.26 Å². The summed E-state index contributed by atoms with van der Waals surface area (Å²) in [5, 5.41) is 12.2. The smallest absolute Gasteiger partial charge is 0.244 e. The van der Waals surface area contributed by atoms with E-state index in [1.54, 1.807) is 17.0 Å². The molecule has 0 aliphatic rings. The number of hydrogen-bond acceptors (Lipinski definition) is 3. The number of carbonyl (C=O) groups excluding carboxylic acids is 1. The summed E-state index contributed by atoms with van der Waals surface area (Å²) < 4.78 is 0.725. The molecule has 0 aliphatic carbocycles. The van der Waals surface area contributed by atoms with Gasteiger partial charge in [0.25, 0.3) is 0 Å². The molecule has 5 heteroatoms. The number of hydrogen-bond donors (Lipinski definition) is 1. The third-order valence-corrected chi connectivity index (χ3v) is 3.60. The summed E-state index contributed by atoms with van der Waals surface area (Å²) >= 11 is 3.33. The molecule has 0 heterocycles. The zero-order valence-electron chi connectivity index (χ0n) is 11.4. The molecule has 1 aromatic rings. The molecule has 4 nitrogen and oxygen atoms in total. The van der Waals surface area contributed by atoms with E-state index in [9.17, 15) is 4.79 Å². The van der Waals surface area contributed by atoms with Gasteiger partial charge in [-0.25, -0.2) is 0 Å². The van der Waals surface area contributed by atoms with Gasteiger partial charge in [-0.15, -0.1) is 0 Å². The summed E-state index contributed by atoms with van der Waals surface area (Å²) in [6, 6.07) is 7.21. The fourth-order valence-corrected chi connectivity index (χ4v) is 2.32. The quantitative estimate of drug-likeness (QED) is 0.906. The van der Waals surface area contributed by atoms with Gasteiger partial charge < -0.3 is 10.2 Å². The standard InChI is InChI=1S/C14H18BrN3O/c1-4-18(5-2)14(19)10(3)17-13-8-6-7-12(15)11(13)9-16/h6-8,10,17H,4-5H2,1-3H3. The van der Waals surface area contributed by atoms with Crippen molar-refractivity contribution in [2.24, 2.45) is 0 Å². The fraction of sp³-hybridized carbons (Fsp3) is 0.429. The first-order valence-electron chi connectivity index (χ1n) is 6.29. The van der Waals surface area contributed by atoms with Gasteiger partial charge in [-0.1, -0.05) is 6.07 Å². The van der Waals surface area contributed by atoms with Crippen molar-refractivity contribution < 1.29 is 4.79 Å². The minimum atomic E-state index is -0.360. The average molecular weight is 324 g/mol. The van der Waals surface area contributed by atoms with E-state index in [1.807, 2.05) is 26.8 Å². The Hall–Kier alpha value is -1.54. The highest BCUT2D eigenvalue weighted by Gasteiger charge is 2.19. The number of benzene rings is 1. The number of rotatable bonds is 5. The van der Waals surface area contributed by atoms with E-state index < -0.39 is 0 Å². The summed E-state index contributed by atoms with van der Waals surface area (Å²) in [7, 11) is 0. The van der Waals surface area contributed by atoms with Crippen LogP contribution in [0.3, 0.4) is 0 Å². The lowest BCUT2D eigenvalue weighted by atomic mass is 10.1. The Morgan fingerprint density at radius 2 is 2.11 bits per heavy atom. The number of likely N-dealkylation sites (N-methyl/N-ethyl adjacent to an activating group) is 1. The molecule has 0 spiro atoms. The van der Waals surface area contributed by atoms with E-state index in [0.29, 0.717) is 24.3 Å². The highest BCUT2D eigenvalue weighted by atomic mass is 79.9. The first-order chi connectivity index (χ1) is 9.04. The molecule has 0 aromatic heterocycles. The molecular formula is C14H18BrN3O. The normalized spacial score (nSPS) is 11.5. The van der Waals surface area contributed by atoms with Crippen molar-refractivity contribution in [3.63, 3.8) is 0 Å². The van der Waals surface area contributed by atoms with Crippen LogP contribution in [0.25, 0.3) is 0 Å². The zero-order chi connectivity index (χ0) is 14.4. The molecule has 19 heavy (non-hydrogen) atoms. The van der Waals surface area contributed by atoms with E-state index in [0.717, 1.165) is 4.47 Å². The molecule has 1 rings (SSSR count). The Morgan fingerprint density at radius 3 is 2.63 bits per heavy atom. The van der Waals surface area contributed by atoms with Gasteiger partial charge in [-0.2, -0.15) is 5.26 Å². The predicted octanol–water partition coefficient (Wildman–Crippen LogP) is 2.99. The molecule has 0 bridgehead atoms. The van der Waals surface area contributed by atoms with Gasteiger partial charge in [0, 0.05) is 17.6 Å². The number of carbonyl (C=O) groups is 1. The number of nitrogens with zero attached hydrogens (tertiary/aromatic N) is 2. The highest BCUT2D eigenvalue weighted by molar-refractivity contribution is 9.10. The summed E-state index contributed by atoms with van der Waals surface area (Å²) in [5.74, 6) is 0.0360. The van der Waals surface area contributed by atoms with Gasteiger partial charge in [0.05, 0.1) is 11.3 Å². The lowest BCUT2D eigenvalue weighted by molar-refractivity contribution is -0.131. The van der Waals surface area contributed by atoms with Crippen LogP contribution in [0.1, 0.15) is 26.3 Å². The van der Waals surface area contributed by atoms with E-state index in [1.165, 1.54) is 0 Å². The Kier molecular flexibility index (Phi) is 5.84. The van der Waals surface area contributed by atoms with Gasteiger partial charge in [0.15, 0.2) is 0 Å². The van der Waals surface area contributed by atoms with Crippen LogP contribution in [0.15, 0.2) is 22.7 Å². The van der Waals surface area contributed by atoms with Gasteiger partial charge >= 0.3 is 0 Å². The van der Waals surface area contributed by atoms with Crippen molar-refractivity contribution in [2.75, 3.05) is 18.4 Å². The molecule has 0 saturated carbocycles. The molecule has 1 aromatic carbocycles. The number of nitrogens with one attached hydrogen (secondary N) is 1. The maximum atomic E-state index is 12.2. The lowest BCUT2D eigenvalue weighted by Gasteiger charge is -2.24. The van der Waals surface area contributed by atoms with Gasteiger partial charge in [-0.05, 0) is 48.8 Å². The molecule has 0 radical (unpaired) electrons. The first kappa shape index (κ1) is 15.5. The van der Waals surface area contributed by atoms with Gasteiger partial charge in [0.1, 0.15) is 12.1 Å². The Bertz CT molecular complexity index is 492. The molecule has 1 amide bonds. The van der Waals surface area contributed by atoms with Crippen molar-refractivity contribution in [1.82, 2.24) is 4.90 Å². The minimum absolute atomic E-state index is 0.0360. The average Bonchev–Trinajstić information content (AvgIpc) is 2.40. The zero-order valence-corrected chi connectivity index (χ0v) is 13.0. The summed E-state index contributed by atoms with van der Waals surface area (Å²) in [4.78, 5) is 13.9. The second-order valence-electron chi connectivity index (χ2n) is 4.15. The third-order valence-electron chi connectivity index (χ3n) is 2.94. The second kappa shape index (κ2) is 7.15. The van der Waals surface area contributed by atoms with Gasteiger partial charge in [0.2, 0.25) is 5.91 Å². The topological polar surface area (TPSA) is 56.1 Å². The molecule has 0 fully saturated rings. The van der Waals surface area contributed by atoms with E-state index >= 15 is 0 Å². The summed E-state index contributed by atoms with van der Waals surface area (Å²) in [6.45, 7) is 7.08. The summed E-state index contributed by atoms with van der Waals surface area (Å²) in [6.07, 6.45) is 0. The minimum Gasteiger partial charge on any atom is -0.373 e. The van der Waals surface area contributed by atoms with Crippen molar-refractivity contribution in [2.45, 2.75) is 26.8 Å². The number of halogens is 1. The maximum Gasteiger partial charge on any atom is 0.244 e. The van der Waals surface area contributed by atoms with Crippen LogP contribution < -0.4 is 5.32 Å². The first-order valence-corrected chi connectivity index (χ1v) is 7.08. The largest absolute Gasteiger partial charge is 0.373 e. The Labute approximate surface area is 122 Å². The van der Waals surface area contributed by atoms with Crippen molar-refractivity contribution in [3.8, 4) is 6.07 Å². The molecule has 1 N–H and O–H groups in total. The third kappa shape index (κ3) is 3.71. The van der Waals surface area contributed by atoms with E-state index in [2.05, 4.69) is 27.3 Å². The number of amides is 1. The SMILES string of the molecule is CCN(CC)C(=O)C(C)Nc1cccc(Br)c1C#N. The van der Waals surface area contributed by atoms with Crippen molar-refractivity contribution >= 4 is 27.5 Å². The molecule has 0 saturated heterocycles. The van der Waals surface area contributed by atoms with Crippen LogP contribution in [0.5, 0.6) is 0 Å². The molecule has 1 unspecified atom stereocenters. The fourth-order valence-electron chi connectivity index (χ4n) is 1.86. The van der Waals surface area contributed by atoms with Crippen molar-refractivity contribution in [3.05, 3.63) is 28.2 Å². The van der Waals surface area contributed by atoms with Gasteiger partial charge in [-0.3, -0.25) is 4.79 Å². The van der Waals surface area contributed by atoms with Crippen LogP contribution in [0.2, 0.25) is 0 Å². The maximum absolute atomic E-state index is 12.2. The molecule has 1 atom stereocenters. The Balaban J connectivity index is 2.89. The van der Waals surface area contributed by atoms with Crippen LogP contribution in [-0.2, 0) is 4.79 Å². The van der Waals surface area contributed by atoms with Crippen LogP contribution >= 0.6 is 15.9 Å². The van der Waals surface area contributed by atoms with E-state index in [-0.39, 0.29) is 11.9 Å². The van der Waals surface area contributed by atoms with Crippen LogP contribution in [-0.4, -0.2) is 29.9 Å².